The molecule has 3 amide bonds. The molecule has 2 N–H and O–H groups in total. The van der Waals surface area contributed by atoms with Gasteiger partial charge in [-0.2, -0.15) is 5.06 Å². The molecule has 7 heteroatoms. The lowest BCUT2D eigenvalue weighted by Crippen LogP contribution is -2.40. The van der Waals surface area contributed by atoms with Crippen molar-refractivity contribution in [1.29, 1.82) is 0 Å². The molecule has 0 saturated carbocycles. The molecule has 2 saturated heterocycles. The van der Waals surface area contributed by atoms with Gasteiger partial charge in [0.05, 0.1) is 17.6 Å². The van der Waals surface area contributed by atoms with Gasteiger partial charge in [0.1, 0.15) is 6.54 Å². The number of fused-ring (bicyclic) bond motifs is 1. The van der Waals surface area contributed by atoms with Crippen LogP contribution in [0, 0.1) is 12.8 Å². The maximum atomic E-state index is 13.4. The summed E-state index contributed by atoms with van der Waals surface area (Å²) in [6, 6.07) is 14.5. The Labute approximate surface area is 175 Å². The topological polar surface area (TPSA) is 92.9 Å². The monoisotopic (exact) mass is 407 g/mol. The summed E-state index contributed by atoms with van der Waals surface area (Å²) in [6.45, 7) is 5.85. The van der Waals surface area contributed by atoms with Gasteiger partial charge in [0, 0.05) is 0 Å². The zero-order chi connectivity index (χ0) is 21.6. The van der Waals surface area contributed by atoms with E-state index in [-0.39, 0.29) is 12.5 Å². The summed E-state index contributed by atoms with van der Waals surface area (Å²) < 4.78 is 0. The molecule has 2 aromatic carbocycles. The molecule has 0 spiro atoms. The summed E-state index contributed by atoms with van der Waals surface area (Å²) >= 11 is 0. The Bertz CT molecular complexity index is 1000. The third kappa shape index (κ3) is 3.30. The summed E-state index contributed by atoms with van der Waals surface area (Å²) in [7, 11) is 0. The first-order chi connectivity index (χ1) is 14.3. The van der Waals surface area contributed by atoms with Crippen LogP contribution >= 0.6 is 0 Å². The molecule has 4 rings (SSSR count). The third-order valence-corrected chi connectivity index (χ3v) is 5.81. The minimum Gasteiger partial charge on any atom is -0.368 e. The normalized spacial score (nSPS) is 24.0. The van der Waals surface area contributed by atoms with Gasteiger partial charge in [-0.3, -0.25) is 19.2 Å². The van der Waals surface area contributed by atoms with Crippen molar-refractivity contribution in [1.82, 2.24) is 5.06 Å². The van der Waals surface area contributed by atoms with Crippen LogP contribution in [0.3, 0.4) is 0 Å². The van der Waals surface area contributed by atoms with Crippen LogP contribution < -0.4 is 10.6 Å². The molecule has 2 fully saturated rings. The quantitative estimate of drug-likeness (QED) is 0.769. The largest absolute Gasteiger partial charge is 0.368 e. The van der Waals surface area contributed by atoms with E-state index in [0.717, 1.165) is 16.7 Å². The van der Waals surface area contributed by atoms with Gasteiger partial charge < -0.3 is 5.73 Å². The van der Waals surface area contributed by atoms with E-state index in [1.807, 2.05) is 43.3 Å². The maximum absolute atomic E-state index is 13.4. The SMILES string of the molecule is Cc1ccccc1N1C(=O)C2ON(CC(N)=O)C(c3ccc(C(C)C)cc3)C2C1=O. The van der Waals surface area contributed by atoms with E-state index >= 15 is 0 Å². The van der Waals surface area contributed by atoms with E-state index in [1.165, 1.54) is 9.96 Å². The van der Waals surface area contributed by atoms with Crippen molar-refractivity contribution in [3.8, 4) is 0 Å². The number of rotatable bonds is 5. The van der Waals surface area contributed by atoms with Crippen molar-refractivity contribution in [2.24, 2.45) is 11.7 Å². The first-order valence-electron chi connectivity index (χ1n) is 10.0. The number of carbonyl (C=O) groups excluding carboxylic acids is 3. The number of hydrogen-bond donors (Lipinski definition) is 1. The first-order valence-corrected chi connectivity index (χ1v) is 10.0. The number of nitrogens with zero attached hydrogens (tertiary/aromatic N) is 2. The highest BCUT2D eigenvalue weighted by atomic mass is 16.7. The molecule has 2 aromatic rings. The highest BCUT2D eigenvalue weighted by Crippen LogP contribution is 2.46. The highest BCUT2D eigenvalue weighted by molar-refractivity contribution is 6.24. The molecule has 0 aliphatic carbocycles. The molecule has 156 valence electrons. The van der Waals surface area contributed by atoms with Crippen molar-refractivity contribution in [2.45, 2.75) is 38.8 Å². The average molecular weight is 407 g/mol. The molecular formula is C23H25N3O4. The van der Waals surface area contributed by atoms with Crippen LogP contribution in [-0.4, -0.2) is 35.4 Å². The van der Waals surface area contributed by atoms with Gasteiger partial charge in [-0.05, 0) is 35.6 Å². The Morgan fingerprint density at radius 2 is 1.73 bits per heavy atom. The van der Waals surface area contributed by atoms with Gasteiger partial charge in [-0.25, -0.2) is 4.90 Å². The van der Waals surface area contributed by atoms with Crippen LogP contribution in [-0.2, 0) is 19.2 Å². The molecule has 2 aliphatic heterocycles. The molecule has 7 nitrogen and oxygen atoms in total. The van der Waals surface area contributed by atoms with Crippen LogP contribution in [0.15, 0.2) is 48.5 Å². The van der Waals surface area contributed by atoms with Crippen molar-refractivity contribution >= 4 is 23.4 Å². The first kappa shape index (κ1) is 20.3. The van der Waals surface area contributed by atoms with Crippen molar-refractivity contribution in [3.05, 3.63) is 65.2 Å². The van der Waals surface area contributed by atoms with Crippen LogP contribution in [0.4, 0.5) is 5.69 Å². The standard InChI is InChI=1S/C23H25N3O4/c1-13(2)15-8-10-16(11-9-15)20-19-21(30-25(20)12-18(24)27)23(29)26(22(19)28)17-7-5-4-6-14(17)3/h4-11,13,19-21H,12H2,1-3H3,(H2,24,27). The zero-order valence-corrected chi connectivity index (χ0v) is 17.2. The minimum atomic E-state index is -0.980. The predicted molar refractivity (Wildman–Crippen MR) is 111 cm³/mol. The van der Waals surface area contributed by atoms with Gasteiger partial charge in [0.2, 0.25) is 11.8 Å². The summed E-state index contributed by atoms with van der Waals surface area (Å²) in [5.41, 5.74) is 8.74. The molecule has 30 heavy (non-hydrogen) atoms. The molecule has 3 atom stereocenters. The number of hydroxylamine groups is 2. The smallest absolute Gasteiger partial charge is 0.265 e. The van der Waals surface area contributed by atoms with Crippen molar-refractivity contribution in [3.63, 3.8) is 0 Å². The fourth-order valence-electron chi connectivity index (χ4n) is 4.26. The molecule has 0 bridgehead atoms. The second-order valence-corrected chi connectivity index (χ2v) is 8.16. The Morgan fingerprint density at radius 3 is 2.33 bits per heavy atom. The van der Waals surface area contributed by atoms with Crippen LogP contribution in [0.25, 0.3) is 0 Å². The number of carbonyl (C=O) groups is 3. The summed E-state index contributed by atoms with van der Waals surface area (Å²) in [4.78, 5) is 45.2. The van der Waals surface area contributed by atoms with E-state index in [4.69, 9.17) is 10.6 Å². The van der Waals surface area contributed by atoms with Gasteiger partial charge >= 0.3 is 0 Å². The number of benzene rings is 2. The number of amides is 3. The van der Waals surface area contributed by atoms with Crippen molar-refractivity contribution in [2.75, 3.05) is 11.4 Å². The fraction of sp³-hybridized carbons (Fsp3) is 0.348. The average Bonchev–Trinajstić information content (AvgIpc) is 3.17. The van der Waals surface area contributed by atoms with E-state index in [2.05, 4.69) is 13.8 Å². The minimum absolute atomic E-state index is 0.200. The lowest BCUT2D eigenvalue weighted by Gasteiger charge is -2.27. The van der Waals surface area contributed by atoms with Crippen molar-refractivity contribution < 1.29 is 19.2 Å². The Morgan fingerprint density at radius 1 is 1.07 bits per heavy atom. The third-order valence-electron chi connectivity index (χ3n) is 5.81. The van der Waals surface area contributed by atoms with Crippen LogP contribution in [0.5, 0.6) is 0 Å². The highest BCUT2D eigenvalue weighted by Gasteiger charge is 2.60. The van der Waals surface area contributed by atoms with E-state index < -0.39 is 29.9 Å². The van der Waals surface area contributed by atoms with Gasteiger partial charge in [0.25, 0.3) is 5.91 Å². The van der Waals surface area contributed by atoms with Gasteiger partial charge in [-0.1, -0.05) is 56.3 Å². The summed E-state index contributed by atoms with van der Waals surface area (Å²) in [5, 5.41) is 1.38. The second kappa shape index (κ2) is 7.66. The van der Waals surface area contributed by atoms with Gasteiger partial charge in [0.15, 0.2) is 6.10 Å². The number of hydrogen-bond acceptors (Lipinski definition) is 5. The van der Waals surface area contributed by atoms with E-state index in [0.29, 0.717) is 11.6 Å². The van der Waals surface area contributed by atoms with E-state index in [1.54, 1.807) is 12.1 Å². The lowest BCUT2D eigenvalue weighted by molar-refractivity contribution is -0.175. The second-order valence-electron chi connectivity index (χ2n) is 8.16. The zero-order valence-electron chi connectivity index (χ0n) is 17.2. The lowest BCUT2D eigenvalue weighted by atomic mass is 9.89. The number of nitrogens with two attached hydrogens (primary N) is 1. The molecule has 0 radical (unpaired) electrons. The molecule has 2 heterocycles. The van der Waals surface area contributed by atoms with E-state index in [9.17, 15) is 14.4 Å². The number of primary amides is 1. The van der Waals surface area contributed by atoms with Crippen LogP contribution in [0.2, 0.25) is 0 Å². The molecular weight excluding hydrogens is 382 g/mol. The Hall–Kier alpha value is -3.03. The number of aryl methyl sites for hydroxylation is 1. The maximum Gasteiger partial charge on any atom is 0.265 e. The number of para-hydroxylation sites is 1. The molecule has 0 aromatic heterocycles. The number of imide groups is 1. The van der Waals surface area contributed by atoms with Crippen LogP contribution in [0.1, 0.15) is 42.5 Å². The Kier molecular flexibility index (Phi) is 5.17. The number of anilines is 1. The Balaban J connectivity index is 1.73. The summed E-state index contributed by atoms with van der Waals surface area (Å²) in [5.74, 6) is -1.73. The molecule has 3 unspecified atom stereocenters. The fourth-order valence-corrected chi connectivity index (χ4v) is 4.26. The summed E-state index contributed by atoms with van der Waals surface area (Å²) in [6.07, 6.45) is -0.980. The molecule has 2 aliphatic rings. The predicted octanol–water partition coefficient (Wildman–Crippen LogP) is 2.45. The van der Waals surface area contributed by atoms with Gasteiger partial charge in [-0.15, -0.1) is 0 Å².